The number of anilines is 1. The molecule has 1 N–H and O–H groups in total. The molecule has 154 valence electrons. The lowest BCUT2D eigenvalue weighted by Crippen LogP contribution is -2.20. The van der Waals surface area contributed by atoms with Gasteiger partial charge in [0.2, 0.25) is 5.82 Å². The van der Waals surface area contributed by atoms with Crippen LogP contribution in [-0.4, -0.2) is 51.0 Å². The van der Waals surface area contributed by atoms with Crippen LogP contribution in [0.4, 0.5) is 5.69 Å². The number of benzene rings is 2. The van der Waals surface area contributed by atoms with Crippen molar-refractivity contribution >= 4 is 22.5 Å². The molecular formula is C21H22N6O3. The molecule has 0 saturated carbocycles. The Labute approximate surface area is 173 Å². The molecule has 0 spiro atoms. The zero-order valence-corrected chi connectivity index (χ0v) is 16.8. The maximum atomic E-state index is 12.4. The van der Waals surface area contributed by atoms with Crippen LogP contribution in [0.25, 0.3) is 22.3 Å². The van der Waals surface area contributed by atoms with Crippen molar-refractivity contribution in [2.24, 2.45) is 7.05 Å². The molecule has 2 aromatic heterocycles. The van der Waals surface area contributed by atoms with Crippen LogP contribution in [-0.2, 0) is 23.1 Å². The van der Waals surface area contributed by atoms with E-state index < -0.39 is 0 Å². The summed E-state index contributed by atoms with van der Waals surface area (Å²) in [7, 11) is 3.38. The third kappa shape index (κ3) is 4.31. The van der Waals surface area contributed by atoms with Gasteiger partial charge < -0.3 is 19.4 Å². The number of methoxy groups -OCH3 is 1. The Morgan fingerprint density at radius 2 is 2.03 bits per heavy atom. The molecule has 2 heterocycles. The average Bonchev–Trinajstić information content (AvgIpc) is 3.37. The zero-order valence-electron chi connectivity index (χ0n) is 16.8. The molecule has 4 rings (SSSR count). The summed E-state index contributed by atoms with van der Waals surface area (Å²) >= 11 is 0. The van der Waals surface area contributed by atoms with Crippen LogP contribution in [0, 0.1) is 0 Å². The van der Waals surface area contributed by atoms with Gasteiger partial charge in [0.15, 0.2) is 6.61 Å². The first-order valence-corrected chi connectivity index (χ1v) is 9.48. The van der Waals surface area contributed by atoms with Crippen LogP contribution >= 0.6 is 0 Å². The van der Waals surface area contributed by atoms with Gasteiger partial charge in [-0.1, -0.05) is 18.2 Å². The largest absolute Gasteiger partial charge is 0.483 e. The van der Waals surface area contributed by atoms with E-state index in [9.17, 15) is 4.79 Å². The number of hydrogen-bond donors (Lipinski definition) is 1. The average molecular weight is 406 g/mol. The van der Waals surface area contributed by atoms with E-state index in [0.717, 1.165) is 23.0 Å². The van der Waals surface area contributed by atoms with Gasteiger partial charge in [0.25, 0.3) is 5.91 Å². The Balaban J connectivity index is 1.41. The SMILES string of the molecule is COCCn1ccc2c(OCC(=O)Nc3cccc(-c4nnn(C)n4)c3)cccc21. The number of ether oxygens (including phenoxy) is 2. The molecule has 30 heavy (non-hydrogen) atoms. The summed E-state index contributed by atoms with van der Waals surface area (Å²) in [4.78, 5) is 13.8. The Bertz CT molecular complexity index is 1170. The van der Waals surface area contributed by atoms with E-state index in [-0.39, 0.29) is 12.5 Å². The quantitative estimate of drug-likeness (QED) is 0.483. The lowest BCUT2D eigenvalue weighted by molar-refractivity contribution is -0.118. The summed E-state index contributed by atoms with van der Waals surface area (Å²) < 4.78 is 13.0. The number of rotatable bonds is 8. The lowest BCUT2D eigenvalue weighted by Gasteiger charge is -2.10. The van der Waals surface area contributed by atoms with Crippen LogP contribution in [0.2, 0.25) is 0 Å². The van der Waals surface area contributed by atoms with Crippen molar-refractivity contribution < 1.29 is 14.3 Å². The van der Waals surface area contributed by atoms with Crippen LogP contribution in [0.15, 0.2) is 54.7 Å². The molecule has 2 aromatic carbocycles. The Morgan fingerprint density at radius 1 is 1.17 bits per heavy atom. The number of aryl methyl sites for hydroxylation is 1. The zero-order chi connectivity index (χ0) is 20.9. The highest BCUT2D eigenvalue weighted by atomic mass is 16.5. The molecule has 4 aromatic rings. The predicted molar refractivity (Wildman–Crippen MR) is 112 cm³/mol. The van der Waals surface area contributed by atoms with Gasteiger partial charge in [-0.2, -0.15) is 4.80 Å². The maximum absolute atomic E-state index is 12.4. The maximum Gasteiger partial charge on any atom is 0.262 e. The number of nitrogens with zero attached hydrogens (tertiary/aromatic N) is 5. The van der Waals surface area contributed by atoms with Crippen molar-refractivity contribution in [3.05, 3.63) is 54.7 Å². The summed E-state index contributed by atoms with van der Waals surface area (Å²) in [5, 5.41) is 15.8. The highest BCUT2D eigenvalue weighted by Gasteiger charge is 2.10. The standard InChI is InChI=1S/C21H22N6O3/c1-26-24-21(23-25-26)15-5-3-6-16(13-15)22-20(28)14-30-19-8-4-7-18-17(19)9-10-27(18)11-12-29-2/h3-10,13H,11-12,14H2,1-2H3,(H,22,28). The van der Waals surface area contributed by atoms with Crippen molar-refractivity contribution in [1.82, 2.24) is 24.8 Å². The predicted octanol–water partition coefficient (Wildman–Crippen LogP) is 2.50. The fourth-order valence-corrected chi connectivity index (χ4v) is 3.18. The fraction of sp³-hybridized carbons (Fsp3) is 0.238. The molecule has 0 bridgehead atoms. The molecule has 0 radical (unpaired) electrons. The Hall–Kier alpha value is -3.72. The van der Waals surface area contributed by atoms with Gasteiger partial charge in [-0.15, -0.1) is 10.2 Å². The van der Waals surface area contributed by atoms with Gasteiger partial charge in [0.05, 0.1) is 19.2 Å². The fourth-order valence-electron chi connectivity index (χ4n) is 3.18. The van der Waals surface area contributed by atoms with E-state index in [2.05, 4.69) is 25.3 Å². The van der Waals surface area contributed by atoms with E-state index in [4.69, 9.17) is 9.47 Å². The molecule has 0 fully saturated rings. The van der Waals surface area contributed by atoms with Crippen molar-refractivity contribution in [3.63, 3.8) is 0 Å². The summed E-state index contributed by atoms with van der Waals surface area (Å²) in [5.41, 5.74) is 2.44. The van der Waals surface area contributed by atoms with Crippen molar-refractivity contribution in [2.75, 3.05) is 25.6 Å². The molecule has 9 nitrogen and oxygen atoms in total. The third-order valence-electron chi connectivity index (χ3n) is 4.58. The highest BCUT2D eigenvalue weighted by molar-refractivity contribution is 5.93. The van der Waals surface area contributed by atoms with Crippen molar-refractivity contribution in [2.45, 2.75) is 6.54 Å². The number of hydrogen-bond acceptors (Lipinski definition) is 6. The Kier molecular flexibility index (Phi) is 5.71. The number of nitrogens with one attached hydrogen (secondary N) is 1. The lowest BCUT2D eigenvalue weighted by atomic mass is 10.2. The van der Waals surface area contributed by atoms with Gasteiger partial charge in [-0.3, -0.25) is 4.79 Å². The Morgan fingerprint density at radius 3 is 2.83 bits per heavy atom. The monoisotopic (exact) mass is 406 g/mol. The second-order valence-electron chi connectivity index (χ2n) is 6.71. The van der Waals surface area contributed by atoms with Crippen LogP contribution in [0.3, 0.4) is 0 Å². The number of carbonyl (C=O) groups is 1. The third-order valence-corrected chi connectivity index (χ3v) is 4.58. The minimum atomic E-state index is -0.255. The summed E-state index contributed by atoms with van der Waals surface area (Å²) in [6.45, 7) is 1.28. The second kappa shape index (κ2) is 8.75. The normalized spacial score (nSPS) is 11.0. The molecule has 0 aliphatic carbocycles. The van der Waals surface area contributed by atoms with Gasteiger partial charge in [0.1, 0.15) is 5.75 Å². The van der Waals surface area contributed by atoms with E-state index in [1.807, 2.05) is 42.6 Å². The molecule has 1 amide bonds. The molecule has 0 aliphatic rings. The number of fused-ring (bicyclic) bond motifs is 1. The van der Waals surface area contributed by atoms with Gasteiger partial charge in [0, 0.05) is 36.5 Å². The van der Waals surface area contributed by atoms with Crippen LogP contribution < -0.4 is 10.1 Å². The summed E-state index contributed by atoms with van der Waals surface area (Å²) in [5.74, 6) is 0.904. The van der Waals surface area contributed by atoms with Gasteiger partial charge in [-0.25, -0.2) is 0 Å². The molecule has 0 atom stereocenters. The molecule has 0 saturated heterocycles. The summed E-state index contributed by atoms with van der Waals surface area (Å²) in [6.07, 6.45) is 1.99. The smallest absolute Gasteiger partial charge is 0.262 e. The minimum Gasteiger partial charge on any atom is -0.483 e. The number of aromatic nitrogens is 5. The second-order valence-corrected chi connectivity index (χ2v) is 6.71. The molecule has 0 unspecified atom stereocenters. The first-order chi connectivity index (χ1) is 14.6. The van der Waals surface area contributed by atoms with Gasteiger partial charge >= 0.3 is 0 Å². The highest BCUT2D eigenvalue weighted by Crippen LogP contribution is 2.26. The molecule has 9 heteroatoms. The minimum absolute atomic E-state index is 0.101. The first kappa shape index (κ1) is 19.6. The van der Waals surface area contributed by atoms with E-state index in [1.54, 1.807) is 26.3 Å². The van der Waals surface area contributed by atoms with Crippen LogP contribution in [0.5, 0.6) is 5.75 Å². The van der Waals surface area contributed by atoms with Gasteiger partial charge in [-0.05, 0) is 35.5 Å². The van der Waals surface area contributed by atoms with Crippen molar-refractivity contribution in [1.29, 1.82) is 0 Å². The molecule has 0 aliphatic heterocycles. The topological polar surface area (TPSA) is 96.1 Å². The van der Waals surface area contributed by atoms with E-state index >= 15 is 0 Å². The number of tetrazole rings is 1. The van der Waals surface area contributed by atoms with Crippen molar-refractivity contribution in [3.8, 4) is 17.1 Å². The van der Waals surface area contributed by atoms with Crippen LogP contribution in [0.1, 0.15) is 0 Å². The van der Waals surface area contributed by atoms with E-state index in [0.29, 0.717) is 23.9 Å². The summed E-state index contributed by atoms with van der Waals surface area (Å²) in [6, 6.07) is 15.1. The van der Waals surface area contributed by atoms with E-state index in [1.165, 1.54) is 4.80 Å². The molecular weight excluding hydrogens is 384 g/mol. The first-order valence-electron chi connectivity index (χ1n) is 9.48. The number of carbonyl (C=O) groups excluding carboxylic acids is 1. The number of amides is 1.